The summed E-state index contributed by atoms with van der Waals surface area (Å²) in [6.45, 7) is 7.43. The molecule has 2 heterocycles. The fourth-order valence-corrected chi connectivity index (χ4v) is 3.37. The van der Waals surface area contributed by atoms with Crippen molar-refractivity contribution in [3.8, 4) is 0 Å². The van der Waals surface area contributed by atoms with Crippen LogP contribution in [0.3, 0.4) is 0 Å². The molecule has 0 N–H and O–H groups in total. The summed E-state index contributed by atoms with van der Waals surface area (Å²) >= 11 is 0. The molecule has 2 aliphatic heterocycles. The molecule has 120 valence electrons. The first-order chi connectivity index (χ1) is 10.7. The Labute approximate surface area is 131 Å². The van der Waals surface area contributed by atoms with Crippen molar-refractivity contribution in [3.63, 3.8) is 0 Å². The highest BCUT2D eigenvalue weighted by Gasteiger charge is 2.28. The molecule has 1 aromatic rings. The van der Waals surface area contributed by atoms with Gasteiger partial charge in [0.2, 0.25) is 0 Å². The standard InChI is InChI=1S/C17H24N2O3/c1-13-16-4-3-14(12-18-7-9-22-10-8-18)11-15(16)5-6-19(13)17(20)21-2/h3-4,11,13H,5-10,12H2,1-2H3. The Hall–Kier alpha value is -1.59. The lowest BCUT2D eigenvalue weighted by Gasteiger charge is -2.34. The molecule has 5 heteroatoms. The number of carbonyl (C=O) groups excluding carboxylic acids is 1. The molecule has 0 spiro atoms. The van der Waals surface area contributed by atoms with Crippen molar-refractivity contribution < 1.29 is 14.3 Å². The number of carbonyl (C=O) groups is 1. The van der Waals surface area contributed by atoms with E-state index in [1.165, 1.54) is 23.8 Å². The Kier molecular flexibility index (Phi) is 4.64. The van der Waals surface area contributed by atoms with E-state index in [4.69, 9.17) is 9.47 Å². The van der Waals surface area contributed by atoms with Crippen LogP contribution in [0.2, 0.25) is 0 Å². The third-order valence-electron chi connectivity index (χ3n) is 4.67. The SMILES string of the molecule is COC(=O)N1CCc2cc(CN3CCOCC3)ccc2C1C. The van der Waals surface area contributed by atoms with Crippen molar-refractivity contribution in [1.82, 2.24) is 9.80 Å². The third-order valence-corrected chi connectivity index (χ3v) is 4.67. The minimum absolute atomic E-state index is 0.0774. The van der Waals surface area contributed by atoms with Crippen molar-refractivity contribution in [2.45, 2.75) is 25.9 Å². The predicted octanol–water partition coefficient (Wildman–Crippen LogP) is 2.20. The van der Waals surface area contributed by atoms with Gasteiger partial charge in [-0.1, -0.05) is 18.2 Å². The van der Waals surface area contributed by atoms with Crippen LogP contribution in [-0.2, 0) is 22.4 Å². The summed E-state index contributed by atoms with van der Waals surface area (Å²) in [7, 11) is 1.44. The number of benzene rings is 1. The van der Waals surface area contributed by atoms with Crippen LogP contribution >= 0.6 is 0 Å². The van der Waals surface area contributed by atoms with Crippen LogP contribution < -0.4 is 0 Å². The van der Waals surface area contributed by atoms with Crippen LogP contribution in [-0.4, -0.2) is 55.9 Å². The molecule has 2 aliphatic rings. The monoisotopic (exact) mass is 304 g/mol. The summed E-state index contributed by atoms with van der Waals surface area (Å²) in [5.74, 6) is 0. The predicted molar refractivity (Wildman–Crippen MR) is 83.8 cm³/mol. The first kappa shape index (κ1) is 15.3. The molecule has 0 aliphatic carbocycles. The van der Waals surface area contributed by atoms with Gasteiger partial charge in [0.25, 0.3) is 0 Å². The summed E-state index contributed by atoms with van der Waals surface area (Å²) < 4.78 is 10.3. The summed E-state index contributed by atoms with van der Waals surface area (Å²) in [5.41, 5.74) is 3.94. The Morgan fingerprint density at radius 3 is 2.82 bits per heavy atom. The van der Waals surface area contributed by atoms with E-state index in [2.05, 4.69) is 30.0 Å². The zero-order valence-electron chi connectivity index (χ0n) is 13.4. The number of morpholine rings is 1. The Bertz CT molecular complexity index is 541. The molecule has 1 fully saturated rings. The topological polar surface area (TPSA) is 42.0 Å². The molecular weight excluding hydrogens is 280 g/mol. The zero-order valence-corrected chi connectivity index (χ0v) is 13.4. The van der Waals surface area contributed by atoms with Crippen LogP contribution in [0.5, 0.6) is 0 Å². The maximum absolute atomic E-state index is 11.8. The maximum Gasteiger partial charge on any atom is 0.409 e. The van der Waals surface area contributed by atoms with Crippen molar-refractivity contribution in [3.05, 3.63) is 34.9 Å². The van der Waals surface area contributed by atoms with Crippen LogP contribution in [0.4, 0.5) is 4.79 Å². The number of ether oxygens (including phenoxy) is 2. The minimum Gasteiger partial charge on any atom is -0.453 e. The highest BCUT2D eigenvalue weighted by atomic mass is 16.5. The van der Waals surface area contributed by atoms with E-state index >= 15 is 0 Å². The van der Waals surface area contributed by atoms with E-state index in [-0.39, 0.29) is 12.1 Å². The second kappa shape index (κ2) is 6.67. The maximum atomic E-state index is 11.8. The van der Waals surface area contributed by atoms with Crippen molar-refractivity contribution >= 4 is 6.09 Å². The molecule has 1 atom stereocenters. The molecule has 1 unspecified atom stereocenters. The van der Waals surface area contributed by atoms with Crippen molar-refractivity contribution in [2.75, 3.05) is 40.0 Å². The van der Waals surface area contributed by atoms with Gasteiger partial charge in [0, 0.05) is 26.2 Å². The fraction of sp³-hybridized carbons (Fsp3) is 0.588. The highest BCUT2D eigenvalue weighted by molar-refractivity contribution is 5.68. The molecule has 0 bridgehead atoms. The van der Waals surface area contributed by atoms with Crippen molar-refractivity contribution in [1.29, 1.82) is 0 Å². The molecule has 3 rings (SSSR count). The average Bonchev–Trinajstić information content (AvgIpc) is 2.55. The lowest BCUT2D eigenvalue weighted by Crippen LogP contribution is -2.39. The second-order valence-electron chi connectivity index (χ2n) is 6.01. The summed E-state index contributed by atoms with van der Waals surface area (Å²) in [6, 6.07) is 6.74. The third kappa shape index (κ3) is 3.10. The number of methoxy groups -OCH3 is 1. The second-order valence-corrected chi connectivity index (χ2v) is 6.01. The van der Waals surface area contributed by atoms with Gasteiger partial charge < -0.3 is 14.4 Å². The number of hydrogen-bond acceptors (Lipinski definition) is 4. The molecule has 1 aromatic carbocycles. The Morgan fingerprint density at radius 1 is 1.32 bits per heavy atom. The van der Waals surface area contributed by atoms with Gasteiger partial charge in [0.1, 0.15) is 0 Å². The summed E-state index contributed by atoms with van der Waals surface area (Å²) in [6.07, 6.45) is 0.654. The molecule has 0 saturated carbocycles. The quantitative estimate of drug-likeness (QED) is 0.840. The first-order valence-corrected chi connectivity index (χ1v) is 7.95. The normalized spacial score (nSPS) is 22.3. The number of amides is 1. The van der Waals surface area contributed by atoms with Crippen LogP contribution in [0, 0.1) is 0 Å². The highest BCUT2D eigenvalue weighted by Crippen LogP contribution is 2.30. The molecule has 1 saturated heterocycles. The Morgan fingerprint density at radius 2 is 2.09 bits per heavy atom. The summed E-state index contributed by atoms with van der Waals surface area (Å²) in [5, 5.41) is 0. The first-order valence-electron chi connectivity index (χ1n) is 7.95. The summed E-state index contributed by atoms with van der Waals surface area (Å²) in [4.78, 5) is 16.0. The van der Waals surface area contributed by atoms with Crippen LogP contribution in [0.25, 0.3) is 0 Å². The lowest BCUT2D eigenvalue weighted by atomic mass is 9.92. The molecule has 0 aromatic heterocycles. The number of fused-ring (bicyclic) bond motifs is 1. The molecule has 0 radical (unpaired) electrons. The minimum atomic E-state index is -0.240. The van der Waals surface area contributed by atoms with Crippen LogP contribution in [0.15, 0.2) is 18.2 Å². The van der Waals surface area contributed by atoms with E-state index in [0.717, 1.165) is 45.8 Å². The van der Waals surface area contributed by atoms with Gasteiger partial charge in [-0.2, -0.15) is 0 Å². The molecule has 22 heavy (non-hydrogen) atoms. The van der Waals surface area contributed by atoms with E-state index in [0.29, 0.717) is 0 Å². The van der Waals surface area contributed by atoms with Crippen LogP contribution in [0.1, 0.15) is 29.7 Å². The molecule has 1 amide bonds. The largest absolute Gasteiger partial charge is 0.453 e. The van der Waals surface area contributed by atoms with Gasteiger partial charge in [0.05, 0.1) is 26.4 Å². The smallest absolute Gasteiger partial charge is 0.409 e. The number of hydrogen-bond donors (Lipinski definition) is 0. The lowest BCUT2D eigenvalue weighted by molar-refractivity contribution is 0.0342. The average molecular weight is 304 g/mol. The Balaban J connectivity index is 1.73. The fourth-order valence-electron chi connectivity index (χ4n) is 3.37. The zero-order chi connectivity index (χ0) is 15.5. The number of nitrogens with zero attached hydrogens (tertiary/aromatic N) is 2. The van der Waals surface area contributed by atoms with E-state index < -0.39 is 0 Å². The molecular formula is C17H24N2O3. The van der Waals surface area contributed by atoms with E-state index in [9.17, 15) is 4.79 Å². The van der Waals surface area contributed by atoms with Gasteiger partial charge >= 0.3 is 6.09 Å². The van der Waals surface area contributed by atoms with E-state index in [1.54, 1.807) is 4.90 Å². The van der Waals surface area contributed by atoms with Crippen molar-refractivity contribution in [2.24, 2.45) is 0 Å². The van der Waals surface area contributed by atoms with E-state index in [1.807, 2.05) is 0 Å². The van der Waals surface area contributed by atoms with Gasteiger partial charge in [-0.3, -0.25) is 4.90 Å². The number of rotatable bonds is 2. The van der Waals surface area contributed by atoms with Gasteiger partial charge in [-0.05, 0) is 30.0 Å². The van der Waals surface area contributed by atoms with Gasteiger partial charge in [0.15, 0.2) is 0 Å². The van der Waals surface area contributed by atoms with Gasteiger partial charge in [-0.25, -0.2) is 4.79 Å². The van der Waals surface area contributed by atoms with Gasteiger partial charge in [-0.15, -0.1) is 0 Å². The molecule has 5 nitrogen and oxygen atoms in total.